The minimum absolute atomic E-state index is 0.273. The molecule has 1 aromatic rings. The molecule has 0 amide bonds. The maximum absolute atomic E-state index is 11.1. The molecular weight excluding hydrogens is 204 g/mol. The lowest BCUT2D eigenvalue weighted by molar-refractivity contribution is -0.796. The van der Waals surface area contributed by atoms with Gasteiger partial charge < -0.3 is 0 Å². The zero-order valence-corrected chi connectivity index (χ0v) is 10.1. The molecule has 3 unspecified atom stereocenters. The first-order valence-corrected chi connectivity index (χ1v) is 6.05. The minimum atomic E-state index is -0.288. The van der Waals surface area contributed by atoms with E-state index in [4.69, 9.17) is 4.52 Å². The summed E-state index contributed by atoms with van der Waals surface area (Å²) < 4.78 is 6.66. The van der Waals surface area contributed by atoms with Gasteiger partial charge in [-0.05, 0) is 29.4 Å². The third-order valence-electron chi connectivity index (χ3n) is 5.58. The van der Waals surface area contributed by atoms with E-state index in [2.05, 4.69) is 26.0 Å². The quantitative estimate of drug-likeness (QED) is 0.736. The van der Waals surface area contributed by atoms with Gasteiger partial charge >= 0.3 is 5.63 Å². The number of nitrogens with zero attached hydrogens (tertiary/aromatic N) is 1. The van der Waals surface area contributed by atoms with E-state index in [-0.39, 0.29) is 11.0 Å². The van der Waals surface area contributed by atoms with Crippen molar-refractivity contribution in [3.63, 3.8) is 0 Å². The number of rotatable bonds is 1. The topological polar surface area (TPSA) is 49.9 Å². The van der Waals surface area contributed by atoms with Crippen molar-refractivity contribution in [3.8, 4) is 0 Å². The summed E-state index contributed by atoms with van der Waals surface area (Å²) in [6, 6.07) is 0.382. The van der Waals surface area contributed by atoms with Gasteiger partial charge in [-0.1, -0.05) is 25.5 Å². The summed E-state index contributed by atoms with van der Waals surface area (Å²) in [5, 5.41) is 2.72. The Hall–Kier alpha value is -1.06. The van der Waals surface area contributed by atoms with Crippen molar-refractivity contribution in [2.75, 3.05) is 0 Å². The first kappa shape index (κ1) is 10.1. The van der Waals surface area contributed by atoms with Crippen molar-refractivity contribution in [2.24, 2.45) is 16.7 Å². The van der Waals surface area contributed by atoms with Gasteiger partial charge in [-0.3, -0.25) is 4.52 Å². The first-order valence-electron chi connectivity index (χ1n) is 6.05. The predicted octanol–water partition coefficient (Wildman–Crippen LogP) is 1.64. The van der Waals surface area contributed by atoms with Gasteiger partial charge in [0.05, 0.1) is 0 Å². The number of hydrogen-bond donors (Lipinski definition) is 1. The third-order valence-corrected chi connectivity index (χ3v) is 5.58. The molecule has 2 fully saturated rings. The lowest BCUT2D eigenvalue weighted by Gasteiger charge is -2.34. The average molecular weight is 223 g/mol. The highest BCUT2D eigenvalue weighted by Crippen LogP contribution is 2.68. The molecule has 3 rings (SSSR count). The lowest BCUT2D eigenvalue weighted by Crippen LogP contribution is -2.49. The number of hydrogen-bond acceptors (Lipinski definition) is 2. The lowest BCUT2D eigenvalue weighted by atomic mass is 9.69. The maximum Gasteiger partial charge on any atom is 0.426 e. The minimum Gasteiger partial charge on any atom is -0.284 e. The molecule has 0 aromatic carbocycles. The van der Waals surface area contributed by atoms with E-state index in [0.29, 0.717) is 11.5 Å². The Labute approximate surface area is 94.6 Å². The molecule has 0 saturated heterocycles. The van der Waals surface area contributed by atoms with E-state index >= 15 is 0 Å². The van der Waals surface area contributed by atoms with Crippen LogP contribution in [0.3, 0.4) is 0 Å². The fourth-order valence-electron chi connectivity index (χ4n) is 4.00. The van der Waals surface area contributed by atoms with Crippen molar-refractivity contribution in [3.05, 3.63) is 16.6 Å². The smallest absolute Gasteiger partial charge is 0.284 e. The fourth-order valence-corrected chi connectivity index (χ4v) is 4.00. The molecule has 16 heavy (non-hydrogen) atoms. The van der Waals surface area contributed by atoms with Crippen molar-refractivity contribution < 1.29 is 9.20 Å². The van der Waals surface area contributed by atoms with Crippen LogP contribution in [0.4, 0.5) is 0 Å². The van der Waals surface area contributed by atoms with Gasteiger partial charge in [0.1, 0.15) is 0 Å². The van der Waals surface area contributed by atoms with Crippen LogP contribution in [-0.2, 0) is 0 Å². The van der Waals surface area contributed by atoms with Gasteiger partial charge in [0.2, 0.25) is 0 Å². The molecule has 0 radical (unpaired) electrons. The van der Waals surface area contributed by atoms with Gasteiger partial charge in [-0.25, -0.2) is 4.79 Å². The molecule has 1 aromatic heterocycles. The summed E-state index contributed by atoms with van der Waals surface area (Å²) in [4.78, 5) is 11.1. The van der Waals surface area contributed by atoms with Gasteiger partial charge in [-0.15, -0.1) is 0 Å². The SMILES string of the molecule is CC1(C)C2CCC1(C)C([n+]1cc(=O)o[nH]1)C2. The van der Waals surface area contributed by atoms with Crippen molar-refractivity contribution >= 4 is 0 Å². The molecule has 1 N–H and O–H groups in total. The normalized spacial score (nSPS) is 40.4. The van der Waals surface area contributed by atoms with Gasteiger partial charge in [-0.2, -0.15) is 0 Å². The average Bonchev–Trinajstić information content (AvgIpc) is 2.77. The number of H-pyrrole nitrogens is 1. The van der Waals surface area contributed by atoms with Crippen LogP contribution in [0.25, 0.3) is 0 Å². The fraction of sp³-hybridized carbons (Fsp3) is 0.833. The Kier molecular flexibility index (Phi) is 1.76. The van der Waals surface area contributed by atoms with Gasteiger partial charge in [0, 0.05) is 11.8 Å². The van der Waals surface area contributed by atoms with Crippen LogP contribution in [0.5, 0.6) is 0 Å². The van der Waals surface area contributed by atoms with E-state index in [0.717, 1.165) is 12.3 Å². The Bertz CT molecular complexity index is 473. The molecule has 2 aliphatic carbocycles. The van der Waals surface area contributed by atoms with E-state index in [1.54, 1.807) is 6.20 Å². The molecule has 2 saturated carbocycles. The second-order valence-electron chi connectivity index (χ2n) is 6.18. The highest BCUT2D eigenvalue weighted by Gasteiger charge is 2.66. The first-order chi connectivity index (χ1) is 7.45. The van der Waals surface area contributed by atoms with E-state index in [1.807, 2.05) is 4.68 Å². The highest BCUT2D eigenvalue weighted by molar-refractivity contribution is 5.08. The van der Waals surface area contributed by atoms with E-state index in [1.165, 1.54) is 12.8 Å². The van der Waals surface area contributed by atoms with Crippen molar-refractivity contribution in [1.82, 2.24) is 5.27 Å². The molecule has 0 aliphatic heterocycles. The van der Waals surface area contributed by atoms with E-state index < -0.39 is 0 Å². The molecule has 0 spiro atoms. The van der Waals surface area contributed by atoms with E-state index in [9.17, 15) is 4.79 Å². The summed E-state index contributed by atoms with van der Waals surface area (Å²) in [5.74, 6) is 0.772. The Balaban J connectivity index is 2.04. The van der Waals surface area contributed by atoms with Crippen molar-refractivity contribution in [2.45, 2.75) is 46.1 Å². The Morgan fingerprint density at radius 2 is 2.25 bits per heavy atom. The van der Waals surface area contributed by atoms with Crippen molar-refractivity contribution in [1.29, 1.82) is 0 Å². The maximum atomic E-state index is 11.1. The Morgan fingerprint density at radius 1 is 1.50 bits per heavy atom. The van der Waals surface area contributed by atoms with Crippen LogP contribution >= 0.6 is 0 Å². The predicted molar refractivity (Wildman–Crippen MR) is 57.8 cm³/mol. The molecule has 2 bridgehead atoms. The molecule has 4 heteroatoms. The second kappa shape index (κ2) is 2.79. The number of nitrogens with one attached hydrogen (secondary N) is 1. The van der Waals surface area contributed by atoms with Crippen LogP contribution in [-0.4, -0.2) is 5.27 Å². The molecule has 3 atom stereocenters. The van der Waals surface area contributed by atoms with Crippen LogP contribution in [0.1, 0.15) is 46.1 Å². The van der Waals surface area contributed by atoms with Crippen LogP contribution in [0, 0.1) is 16.7 Å². The third kappa shape index (κ3) is 1.00. The molecule has 1 heterocycles. The largest absolute Gasteiger partial charge is 0.426 e. The highest BCUT2D eigenvalue weighted by atomic mass is 16.5. The second-order valence-corrected chi connectivity index (χ2v) is 6.18. The van der Waals surface area contributed by atoms with Crippen LogP contribution in [0.15, 0.2) is 15.5 Å². The molecule has 2 aliphatic rings. The standard InChI is InChI=1S/C12H18N2O2/c1-11(2)8-4-5-12(11,3)9(6-8)14-7-10(15)16-13-14/h7-9H,4-6H2,1-3H3/p+1. The molecule has 4 nitrogen and oxygen atoms in total. The molecular formula is C12H19N2O2+. The Morgan fingerprint density at radius 3 is 2.69 bits per heavy atom. The summed E-state index contributed by atoms with van der Waals surface area (Å²) in [6.45, 7) is 7.08. The zero-order chi connectivity index (χ0) is 11.6. The summed E-state index contributed by atoms with van der Waals surface area (Å²) in [6.07, 6.45) is 5.27. The van der Waals surface area contributed by atoms with Gasteiger partial charge in [0.25, 0.3) is 6.20 Å². The summed E-state index contributed by atoms with van der Waals surface area (Å²) in [5.41, 5.74) is 0.345. The zero-order valence-electron chi connectivity index (χ0n) is 10.1. The number of aromatic nitrogens is 2. The van der Waals surface area contributed by atoms with Gasteiger partial charge in [0.15, 0.2) is 6.04 Å². The summed E-state index contributed by atoms with van der Waals surface area (Å²) in [7, 11) is 0. The van der Waals surface area contributed by atoms with Crippen LogP contribution < -0.4 is 10.3 Å². The summed E-state index contributed by atoms with van der Waals surface area (Å²) >= 11 is 0. The number of fused-ring (bicyclic) bond motifs is 2. The number of aromatic amines is 1. The molecule has 88 valence electrons. The monoisotopic (exact) mass is 223 g/mol. The van der Waals surface area contributed by atoms with Crippen LogP contribution in [0.2, 0.25) is 0 Å².